The first-order valence-electron chi connectivity index (χ1n) is 5.69. The summed E-state index contributed by atoms with van der Waals surface area (Å²) in [5.41, 5.74) is 0. The molecular formula is C11H18N2O2. The predicted octanol–water partition coefficient (Wildman–Crippen LogP) is 0.522. The molecule has 3 unspecified atom stereocenters. The van der Waals surface area contributed by atoms with Gasteiger partial charge in [-0.05, 0) is 26.3 Å². The van der Waals surface area contributed by atoms with E-state index in [9.17, 15) is 9.59 Å². The Labute approximate surface area is 90.0 Å². The predicted molar refractivity (Wildman–Crippen MR) is 56.1 cm³/mol. The van der Waals surface area contributed by atoms with E-state index in [-0.39, 0.29) is 23.8 Å². The van der Waals surface area contributed by atoms with Crippen molar-refractivity contribution < 1.29 is 9.59 Å². The van der Waals surface area contributed by atoms with E-state index in [1.807, 2.05) is 6.92 Å². The zero-order chi connectivity index (χ0) is 11.0. The number of likely N-dealkylation sites (tertiary alicyclic amines) is 1. The van der Waals surface area contributed by atoms with Crippen molar-refractivity contribution in [1.82, 2.24) is 10.2 Å². The monoisotopic (exact) mass is 210 g/mol. The fourth-order valence-electron chi connectivity index (χ4n) is 2.53. The van der Waals surface area contributed by atoms with Crippen molar-refractivity contribution >= 4 is 11.8 Å². The van der Waals surface area contributed by atoms with Crippen LogP contribution < -0.4 is 5.32 Å². The van der Waals surface area contributed by atoms with Crippen LogP contribution in [0.2, 0.25) is 0 Å². The van der Waals surface area contributed by atoms with Crippen LogP contribution in [-0.4, -0.2) is 35.3 Å². The summed E-state index contributed by atoms with van der Waals surface area (Å²) >= 11 is 0. The van der Waals surface area contributed by atoms with Gasteiger partial charge in [0, 0.05) is 24.4 Å². The number of nitrogens with zero attached hydrogens (tertiary/aromatic N) is 1. The standard InChI is InChI=1S/C11H18N2O2/c1-7-5-10(14)13(11(7)15)9-3-4-12-8(2)6-9/h7-9,12H,3-6H2,1-2H3. The maximum Gasteiger partial charge on any atom is 0.232 e. The maximum absolute atomic E-state index is 11.8. The summed E-state index contributed by atoms with van der Waals surface area (Å²) < 4.78 is 0. The van der Waals surface area contributed by atoms with Crippen molar-refractivity contribution in [2.24, 2.45) is 5.92 Å². The van der Waals surface area contributed by atoms with Gasteiger partial charge in [0.25, 0.3) is 0 Å². The molecule has 15 heavy (non-hydrogen) atoms. The molecule has 0 aromatic rings. The van der Waals surface area contributed by atoms with E-state index in [0.29, 0.717) is 12.5 Å². The Balaban J connectivity index is 2.09. The fourth-order valence-corrected chi connectivity index (χ4v) is 2.53. The smallest absolute Gasteiger partial charge is 0.232 e. The van der Waals surface area contributed by atoms with Crippen molar-refractivity contribution in [2.75, 3.05) is 6.54 Å². The van der Waals surface area contributed by atoms with E-state index < -0.39 is 0 Å². The zero-order valence-electron chi connectivity index (χ0n) is 9.32. The number of carbonyl (C=O) groups is 2. The van der Waals surface area contributed by atoms with Crippen molar-refractivity contribution in [3.8, 4) is 0 Å². The van der Waals surface area contributed by atoms with Crippen LogP contribution in [0.1, 0.15) is 33.1 Å². The van der Waals surface area contributed by atoms with Gasteiger partial charge in [0.1, 0.15) is 0 Å². The van der Waals surface area contributed by atoms with Crippen LogP contribution in [0.4, 0.5) is 0 Å². The molecular weight excluding hydrogens is 192 g/mol. The van der Waals surface area contributed by atoms with E-state index in [2.05, 4.69) is 12.2 Å². The number of nitrogens with one attached hydrogen (secondary N) is 1. The van der Waals surface area contributed by atoms with E-state index in [1.165, 1.54) is 4.90 Å². The lowest BCUT2D eigenvalue weighted by Gasteiger charge is -2.33. The van der Waals surface area contributed by atoms with Gasteiger partial charge in [-0.1, -0.05) is 6.92 Å². The number of amides is 2. The molecule has 2 amide bonds. The molecule has 0 bridgehead atoms. The normalized spacial score (nSPS) is 37.5. The zero-order valence-corrected chi connectivity index (χ0v) is 9.32. The van der Waals surface area contributed by atoms with Gasteiger partial charge in [0.2, 0.25) is 11.8 Å². The van der Waals surface area contributed by atoms with Crippen molar-refractivity contribution in [3.05, 3.63) is 0 Å². The summed E-state index contributed by atoms with van der Waals surface area (Å²) in [6, 6.07) is 0.534. The molecule has 2 aliphatic heterocycles. The van der Waals surface area contributed by atoms with Gasteiger partial charge in [-0.2, -0.15) is 0 Å². The highest BCUT2D eigenvalue weighted by Gasteiger charge is 2.40. The third-order valence-corrected chi connectivity index (χ3v) is 3.37. The summed E-state index contributed by atoms with van der Waals surface area (Å²) in [7, 11) is 0. The molecule has 2 rings (SSSR count). The van der Waals surface area contributed by atoms with E-state index in [1.54, 1.807) is 0 Å². The molecule has 4 nitrogen and oxygen atoms in total. The topological polar surface area (TPSA) is 49.4 Å². The van der Waals surface area contributed by atoms with Crippen LogP contribution in [0.15, 0.2) is 0 Å². The number of hydrogen-bond acceptors (Lipinski definition) is 3. The van der Waals surface area contributed by atoms with Crippen molar-refractivity contribution in [1.29, 1.82) is 0 Å². The molecule has 84 valence electrons. The highest BCUT2D eigenvalue weighted by atomic mass is 16.2. The minimum atomic E-state index is -0.109. The van der Waals surface area contributed by atoms with Crippen LogP contribution in [0.3, 0.4) is 0 Å². The number of rotatable bonds is 1. The average Bonchev–Trinajstić information content (AvgIpc) is 2.41. The van der Waals surface area contributed by atoms with Crippen molar-refractivity contribution in [2.45, 2.75) is 45.2 Å². The molecule has 4 heteroatoms. The van der Waals surface area contributed by atoms with Gasteiger partial charge in [0.15, 0.2) is 0 Å². The molecule has 2 heterocycles. The second-order valence-corrected chi connectivity index (χ2v) is 4.74. The van der Waals surface area contributed by atoms with Gasteiger partial charge in [-0.15, -0.1) is 0 Å². The second kappa shape index (κ2) is 3.93. The fraction of sp³-hybridized carbons (Fsp3) is 0.818. The van der Waals surface area contributed by atoms with E-state index >= 15 is 0 Å². The number of imide groups is 1. The molecule has 0 aliphatic carbocycles. The summed E-state index contributed by atoms with van der Waals surface area (Å²) in [5.74, 6) is -0.0617. The average molecular weight is 210 g/mol. The summed E-state index contributed by atoms with van der Waals surface area (Å²) in [5, 5.41) is 3.33. The van der Waals surface area contributed by atoms with Gasteiger partial charge >= 0.3 is 0 Å². The number of piperidine rings is 1. The van der Waals surface area contributed by atoms with Gasteiger partial charge in [-0.3, -0.25) is 14.5 Å². The number of hydrogen-bond donors (Lipinski definition) is 1. The number of carbonyl (C=O) groups excluding carboxylic acids is 2. The molecule has 2 saturated heterocycles. The third kappa shape index (κ3) is 1.91. The quantitative estimate of drug-likeness (QED) is 0.642. The summed E-state index contributed by atoms with van der Waals surface area (Å²) in [6.45, 7) is 4.84. The lowest BCUT2D eigenvalue weighted by Crippen LogP contribution is -2.49. The summed E-state index contributed by atoms with van der Waals surface area (Å²) in [6.07, 6.45) is 2.19. The Morgan fingerprint density at radius 3 is 2.60 bits per heavy atom. The van der Waals surface area contributed by atoms with Crippen LogP contribution in [0, 0.1) is 5.92 Å². The minimum Gasteiger partial charge on any atom is -0.314 e. The molecule has 2 fully saturated rings. The van der Waals surface area contributed by atoms with Crippen LogP contribution in [0.25, 0.3) is 0 Å². The molecule has 0 aromatic heterocycles. The highest BCUT2D eigenvalue weighted by Crippen LogP contribution is 2.25. The third-order valence-electron chi connectivity index (χ3n) is 3.37. The molecule has 0 radical (unpaired) electrons. The second-order valence-electron chi connectivity index (χ2n) is 4.74. The molecule has 0 spiro atoms. The SMILES string of the molecule is CC1CC(N2C(=O)CC(C)C2=O)CCN1. The van der Waals surface area contributed by atoms with Crippen LogP contribution in [-0.2, 0) is 9.59 Å². The first-order valence-corrected chi connectivity index (χ1v) is 5.69. The Kier molecular flexibility index (Phi) is 2.78. The van der Waals surface area contributed by atoms with Gasteiger partial charge in [-0.25, -0.2) is 0 Å². The van der Waals surface area contributed by atoms with E-state index in [4.69, 9.17) is 0 Å². The lowest BCUT2D eigenvalue weighted by atomic mass is 9.99. The van der Waals surface area contributed by atoms with Crippen LogP contribution >= 0.6 is 0 Å². The molecule has 2 aliphatic rings. The molecule has 1 N–H and O–H groups in total. The molecule has 0 aromatic carbocycles. The summed E-state index contributed by atoms with van der Waals surface area (Å²) in [4.78, 5) is 25.0. The Hall–Kier alpha value is -0.900. The largest absolute Gasteiger partial charge is 0.314 e. The molecule has 0 saturated carbocycles. The van der Waals surface area contributed by atoms with E-state index in [0.717, 1.165) is 19.4 Å². The first-order chi connectivity index (χ1) is 7.09. The van der Waals surface area contributed by atoms with Gasteiger partial charge < -0.3 is 5.32 Å². The molecule has 3 atom stereocenters. The highest BCUT2D eigenvalue weighted by molar-refractivity contribution is 6.03. The Bertz CT molecular complexity index is 290. The van der Waals surface area contributed by atoms with Crippen LogP contribution in [0.5, 0.6) is 0 Å². The Morgan fingerprint density at radius 1 is 1.33 bits per heavy atom. The van der Waals surface area contributed by atoms with Gasteiger partial charge in [0.05, 0.1) is 0 Å². The van der Waals surface area contributed by atoms with Crippen molar-refractivity contribution in [3.63, 3.8) is 0 Å². The maximum atomic E-state index is 11.8. The first kappa shape index (κ1) is 10.6. The lowest BCUT2D eigenvalue weighted by molar-refractivity contribution is -0.142. The Morgan fingerprint density at radius 2 is 2.07 bits per heavy atom. The minimum absolute atomic E-state index is 0.0200.